The third-order valence-corrected chi connectivity index (χ3v) is 3.33. The van der Waals surface area contributed by atoms with E-state index in [1.807, 2.05) is 13.0 Å². The lowest BCUT2D eigenvalue weighted by molar-refractivity contribution is -0.159. The highest BCUT2D eigenvalue weighted by Crippen LogP contribution is 2.29. The van der Waals surface area contributed by atoms with Gasteiger partial charge in [-0.15, -0.1) is 0 Å². The molecule has 0 atom stereocenters. The molecule has 0 spiro atoms. The Morgan fingerprint density at radius 2 is 2.00 bits per heavy atom. The first kappa shape index (κ1) is 18.4. The number of carbonyl (C=O) groups is 1. The van der Waals surface area contributed by atoms with Crippen molar-refractivity contribution in [2.75, 3.05) is 6.54 Å². The Morgan fingerprint density at radius 1 is 1.32 bits per heavy atom. The summed E-state index contributed by atoms with van der Waals surface area (Å²) in [5.74, 6) is -1.82. The molecule has 0 fully saturated rings. The smallest absolute Gasteiger partial charge is 0.337 e. The molecule has 9 heteroatoms. The summed E-state index contributed by atoms with van der Waals surface area (Å²) in [6.07, 6.45) is -4.13. The third-order valence-electron chi connectivity index (χ3n) is 3.33. The van der Waals surface area contributed by atoms with Crippen LogP contribution in [0.3, 0.4) is 0 Å². The fourth-order valence-electron chi connectivity index (χ4n) is 2.18. The van der Waals surface area contributed by atoms with Crippen molar-refractivity contribution < 1.29 is 22.5 Å². The molecular formula is C16H15F3N4O2. The van der Waals surface area contributed by atoms with Gasteiger partial charge >= 0.3 is 12.1 Å². The van der Waals surface area contributed by atoms with Gasteiger partial charge in [0.05, 0.1) is 6.07 Å². The molecule has 0 unspecified atom stereocenters. The zero-order chi connectivity index (χ0) is 18.4. The van der Waals surface area contributed by atoms with Crippen molar-refractivity contribution in [1.29, 1.82) is 5.26 Å². The molecule has 25 heavy (non-hydrogen) atoms. The average Bonchev–Trinajstić information content (AvgIpc) is 3.05. The summed E-state index contributed by atoms with van der Waals surface area (Å²) in [6, 6.07) is 8.27. The Kier molecular flexibility index (Phi) is 5.75. The van der Waals surface area contributed by atoms with Gasteiger partial charge in [0.15, 0.2) is 0 Å². The number of halogens is 3. The van der Waals surface area contributed by atoms with E-state index in [9.17, 15) is 18.0 Å². The van der Waals surface area contributed by atoms with E-state index in [1.165, 1.54) is 0 Å². The number of hydrogen-bond donors (Lipinski definition) is 0. The van der Waals surface area contributed by atoms with Gasteiger partial charge in [-0.3, -0.25) is 4.79 Å². The quantitative estimate of drug-likeness (QED) is 0.795. The van der Waals surface area contributed by atoms with E-state index in [4.69, 9.17) is 5.26 Å². The van der Waals surface area contributed by atoms with Crippen molar-refractivity contribution in [3.05, 3.63) is 35.7 Å². The molecule has 0 N–H and O–H groups in total. The number of hydrogen-bond acceptors (Lipinski definition) is 5. The van der Waals surface area contributed by atoms with Gasteiger partial charge in [-0.05, 0) is 12.0 Å². The highest BCUT2D eigenvalue weighted by atomic mass is 19.4. The Bertz CT molecular complexity index is 763. The summed E-state index contributed by atoms with van der Waals surface area (Å²) in [5.41, 5.74) is 1.15. The maximum absolute atomic E-state index is 12.5. The Morgan fingerprint density at radius 3 is 2.52 bits per heavy atom. The summed E-state index contributed by atoms with van der Waals surface area (Å²) in [7, 11) is 0. The van der Waals surface area contributed by atoms with Crippen LogP contribution in [-0.2, 0) is 17.5 Å². The lowest BCUT2D eigenvalue weighted by Crippen LogP contribution is -2.30. The zero-order valence-corrected chi connectivity index (χ0v) is 13.4. The second-order valence-electron chi connectivity index (χ2n) is 5.27. The normalized spacial score (nSPS) is 11.2. The van der Waals surface area contributed by atoms with Gasteiger partial charge in [-0.25, -0.2) is 0 Å². The molecule has 0 aliphatic carbocycles. The topological polar surface area (TPSA) is 83.0 Å². The van der Waals surface area contributed by atoms with Crippen molar-refractivity contribution in [1.82, 2.24) is 15.0 Å². The highest BCUT2D eigenvalue weighted by Gasteiger charge is 2.38. The number of amides is 1. The lowest BCUT2D eigenvalue weighted by atomic mass is 10.1. The Hall–Kier alpha value is -2.89. The summed E-state index contributed by atoms with van der Waals surface area (Å²) in [6.45, 7) is 2.75. The summed E-state index contributed by atoms with van der Waals surface area (Å²) < 4.78 is 41.6. The van der Waals surface area contributed by atoms with Crippen molar-refractivity contribution >= 4 is 5.91 Å². The van der Waals surface area contributed by atoms with Crippen LogP contribution in [0.2, 0.25) is 0 Å². The number of nitrogens with zero attached hydrogens (tertiary/aromatic N) is 4. The maximum atomic E-state index is 12.5. The van der Waals surface area contributed by atoms with Crippen molar-refractivity contribution in [2.45, 2.75) is 32.5 Å². The van der Waals surface area contributed by atoms with E-state index >= 15 is 0 Å². The molecule has 1 aromatic heterocycles. The van der Waals surface area contributed by atoms with Gasteiger partial charge in [-0.2, -0.15) is 23.4 Å². The summed E-state index contributed by atoms with van der Waals surface area (Å²) in [4.78, 5) is 16.8. The standard InChI is InChI=1S/C16H15F3N4O2/c1-2-9-23(13(24)7-8-20)10-11-3-5-12(6-4-11)14-21-15(25-22-14)16(17,18)19/h3-6H,2,7,9-10H2,1H3. The second-order valence-corrected chi connectivity index (χ2v) is 5.27. The third kappa shape index (κ3) is 4.79. The molecule has 0 saturated carbocycles. The van der Waals surface area contributed by atoms with E-state index in [2.05, 4.69) is 14.7 Å². The van der Waals surface area contributed by atoms with Gasteiger partial charge in [-0.1, -0.05) is 36.3 Å². The van der Waals surface area contributed by atoms with E-state index < -0.39 is 12.1 Å². The average molecular weight is 352 g/mol. The number of rotatable bonds is 6. The predicted octanol–water partition coefficient (Wildman–Crippen LogP) is 3.41. The number of aromatic nitrogens is 2. The van der Waals surface area contributed by atoms with Crippen molar-refractivity contribution in [2.24, 2.45) is 0 Å². The first-order valence-corrected chi connectivity index (χ1v) is 7.50. The Balaban J connectivity index is 2.12. The van der Waals surface area contributed by atoms with Gasteiger partial charge in [0.1, 0.15) is 6.42 Å². The zero-order valence-electron chi connectivity index (χ0n) is 13.4. The molecule has 132 valence electrons. The van der Waals surface area contributed by atoms with Crippen LogP contribution >= 0.6 is 0 Å². The molecule has 0 aliphatic rings. The predicted molar refractivity (Wildman–Crippen MR) is 80.7 cm³/mol. The monoisotopic (exact) mass is 352 g/mol. The molecule has 6 nitrogen and oxygen atoms in total. The molecule has 0 aliphatic heterocycles. The minimum Gasteiger partial charge on any atom is -0.337 e. The van der Waals surface area contributed by atoms with Crippen LogP contribution < -0.4 is 0 Å². The SMILES string of the molecule is CCCN(Cc1ccc(-c2noc(C(F)(F)F)n2)cc1)C(=O)CC#N. The molecule has 0 saturated heterocycles. The van der Waals surface area contributed by atoms with Crippen molar-refractivity contribution in [3.8, 4) is 17.5 Å². The number of nitriles is 1. The van der Waals surface area contributed by atoms with Gasteiger partial charge in [0.2, 0.25) is 11.7 Å². The second kappa shape index (κ2) is 7.79. The van der Waals surface area contributed by atoms with Crippen LogP contribution in [0.1, 0.15) is 31.2 Å². The van der Waals surface area contributed by atoms with E-state index in [0.29, 0.717) is 18.7 Å². The van der Waals surface area contributed by atoms with Crippen LogP contribution in [0, 0.1) is 11.3 Å². The first-order valence-electron chi connectivity index (χ1n) is 7.50. The minimum atomic E-state index is -4.69. The van der Waals surface area contributed by atoms with Crippen LogP contribution in [0.5, 0.6) is 0 Å². The molecule has 1 heterocycles. The van der Waals surface area contributed by atoms with E-state index in [1.54, 1.807) is 29.2 Å². The molecule has 1 amide bonds. The molecule has 0 bridgehead atoms. The minimum absolute atomic E-state index is 0.162. The molecule has 0 radical (unpaired) electrons. The lowest BCUT2D eigenvalue weighted by Gasteiger charge is -2.21. The highest BCUT2D eigenvalue weighted by molar-refractivity contribution is 5.78. The summed E-state index contributed by atoms with van der Waals surface area (Å²) in [5, 5.41) is 12.0. The van der Waals surface area contributed by atoms with Crippen LogP contribution in [-0.4, -0.2) is 27.5 Å². The first-order chi connectivity index (χ1) is 11.8. The fraction of sp³-hybridized carbons (Fsp3) is 0.375. The van der Waals surface area contributed by atoms with Gasteiger partial charge in [0, 0.05) is 18.7 Å². The van der Waals surface area contributed by atoms with Crippen LogP contribution in [0.4, 0.5) is 13.2 Å². The fourth-order valence-corrected chi connectivity index (χ4v) is 2.18. The van der Waals surface area contributed by atoms with E-state index in [-0.39, 0.29) is 18.2 Å². The largest absolute Gasteiger partial charge is 0.471 e. The van der Waals surface area contributed by atoms with Gasteiger partial charge in [0.25, 0.3) is 0 Å². The maximum Gasteiger partial charge on any atom is 0.471 e. The molecule has 2 aromatic rings. The number of benzene rings is 1. The molecular weight excluding hydrogens is 337 g/mol. The summed E-state index contributed by atoms with van der Waals surface area (Å²) >= 11 is 0. The van der Waals surface area contributed by atoms with Crippen molar-refractivity contribution in [3.63, 3.8) is 0 Å². The van der Waals surface area contributed by atoms with Crippen LogP contribution in [0.25, 0.3) is 11.4 Å². The molecule has 2 rings (SSSR count). The Labute approximate surface area is 141 Å². The van der Waals surface area contributed by atoms with E-state index in [0.717, 1.165) is 12.0 Å². The number of carbonyl (C=O) groups excluding carboxylic acids is 1. The molecule has 1 aromatic carbocycles. The van der Waals surface area contributed by atoms with Gasteiger partial charge < -0.3 is 9.42 Å². The number of alkyl halides is 3. The van der Waals surface area contributed by atoms with Crippen LogP contribution in [0.15, 0.2) is 28.8 Å².